The molecule has 126 valence electrons. The molecule has 1 aliphatic rings. The first-order valence-corrected chi connectivity index (χ1v) is 7.72. The normalized spacial score (nSPS) is 14.8. The molecule has 0 N–H and O–H groups in total. The maximum Gasteiger partial charge on any atom is 0.253 e. The largest absolute Gasteiger partial charge is 0.366 e. The van der Waals surface area contributed by atoms with Gasteiger partial charge in [-0.05, 0) is 31.2 Å². The fourth-order valence-electron chi connectivity index (χ4n) is 2.79. The van der Waals surface area contributed by atoms with Gasteiger partial charge in [0.1, 0.15) is 0 Å². The van der Waals surface area contributed by atoms with Gasteiger partial charge in [0.05, 0.1) is 5.69 Å². The summed E-state index contributed by atoms with van der Waals surface area (Å²) in [6.45, 7) is 3.46. The van der Waals surface area contributed by atoms with E-state index in [1.807, 2.05) is 19.1 Å². The standard InChI is InChI=1S/C18H17F3N2O/c1-12-2-4-13(5-3-12)18(24)23-10-8-22(9-11-23)15-7-6-14(19)16(20)17(15)21/h2-7H,8-11H2,1H3. The summed E-state index contributed by atoms with van der Waals surface area (Å²) in [4.78, 5) is 15.7. The summed E-state index contributed by atoms with van der Waals surface area (Å²) in [6.07, 6.45) is 0. The molecule has 0 saturated carbocycles. The molecule has 2 aromatic rings. The van der Waals surface area contributed by atoms with Crippen molar-refractivity contribution in [3.05, 3.63) is 65.0 Å². The molecular formula is C18H17F3N2O. The lowest BCUT2D eigenvalue weighted by Gasteiger charge is -2.36. The highest BCUT2D eigenvalue weighted by Gasteiger charge is 2.25. The van der Waals surface area contributed by atoms with Crippen LogP contribution in [0.3, 0.4) is 0 Å². The zero-order valence-corrected chi connectivity index (χ0v) is 13.2. The zero-order chi connectivity index (χ0) is 17.3. The fourth-order valence-corrected chi connectivity index (χ4v) is 2.79. The van der Waals surface area contributed by atoms with Crippen LogP contribution in [0.15, 0.2) is 36.4 Å². The first-order valence-electron chi connectivity index (χ1n) is 7.72. The first-order chi connectivity index (χ1) is 11.5. The van der Waals surface area contributed by atoms with E-state index in [0.717, 1.165) is 11.6 Å². The van der Waals surface area contributed by atoms with Crippen LogP contribution in [-0.4, -0.2) is 37.0 Å². The summed E-state index contributed by atoms with van der Waals surface area (Å²) in [6, 6.07) is 9.45. The lowest BCUT2D eigenvalue weighted by Crippen LogP contribution is -2.49. The third kappa shape index (κ3) is 3.09. The zero-order valence-electron chi connectivity index (χ0n) is 13.2. The van der Waals surface area contributed by atoms with Crippen molar-refractivity contribution in [2.45, 2.75) is 6.92 Å². The monoisotopic (exact) mass is 334 g/mol. The van der Waals surface area contributed by atoms with E-state index in [-0.39, 0.29) is 11.6 Å². The van der Waals surface area contributed by atoms with Crippen molar-refractivity contribution >= 4 is 11.6 Å². The number of benzene rings is 2. The number of nitrogens with zero attached hydrogens (tertiary/aromatic N) is 2. The highest BCUT2D eigenvalue weighted by Crippen LogP contribution is 2.25. The Morgan fingerprint density at radius 3 is 2.12 bits per heavy atom. The van der Waals surface area contributed by atoms with Gasteiger partial charge in [0.15, 0.2) is 17.5 Å². The van der Waals surface area contributed by atoms with Crippen molar-refractivity contribution in [3.8, 4) is 0 Å². The topological polar surface area (TPSA) is 23.6 Å². The molecule has 0 aliphatic carbocycles. The molecule has 0 radical (unpaired) electrons. The number of carbonyl (C=O) groups is 1. The Morgan fingerprint density at radius 1 is 0.875 bits per heavy atom. The lowest BCUT2D eigenvalue weighted by molar-refractivity contribution is 0.0746. The average molecular weight is 334 g/mol. The van der Waals surface area contributed by atoms with Crippen molar-refractivity contribution in [2.24, 2.45) is 0 Å². The van der Waals surface area contributed by atoms with E-state index in [9.17, 15) is 18.0 Å². The van der Waals surface area contributed by atoms with Gasteiger partial charge in [0.25, 0.3) is 5.91 Å². The van der Waals surface area contributed by atoms with Crippen molar-refractivity contribution in [2.75, 3.05) is 31.1 Å². The number of amides is 1. The molecule has 0 unspecified atom stereocenters. The second-order valence-corrected chi connectivity index (χ2v) is 5.84. The Bertz CT molecular complexity index is 754. The maximum absolute atomic E-state index is 13.9. The first kappa shape index (κ1) is 16.4. The van der Waals surface area contributed by atoms with Crippen LogP contribution in [0.25, 0.3) is 0 Å². The fraction of sp³-hybridized carbons (Fsp3) is 0.278. The second-order valence-electron chi connectivity index (χ2n) is 5.84. The molecule has 24 heavy (non-hydrogen) atoms. The molecule has 1 fully saturated rings. The van der Waals surface area contributed by atoms with Crippen molar-refractivity contribution in [1.29, 1.82) is 0 Å². The molecule has 0 spiro atoms. The highest BCUT2D eigenvalue weighted by molar-refractivity contribution is 5.94. The predicted octanol–water partition coefficient (Wildman–Crippen LogP) is 3.37. The van der Waals surface area contributed by atoms with Crippen molar-refractivity contribution in [1.82, 2.24) is 4.90 Å². The Kier molecular flexibility index (Phi) is 4.46. The summed E-state index contributed by atoms with van der Waals surface area (Å²) in [5.41, 5.74) is 1.70. The Labute approximate surface area is 138 Å². The third-order valence-corrected chi connectivity index (χ3v) is 4.22. The number of aryl methyl sites for hydroxylation is 1. The number of anilines is 1. The van der Waals surface area contributed by atoms with Crippen LogP contribution >= 0.6 is 0 Å². The predicted molar refractivity (Wildman–Crippen MR) is 85.6 cm³/mol. The molecule has 0 bridgehead atoms. The Hall–Kier alpha value is -2.50. The lowest BCUT2D eigenvalue weighted by atomic mass is 10.1. The van der Waals surface area contributed by atoms with Gasteiger partial charge >= 0.3 is 0 Å². The summed E-state index contributed by atoms with van der Waals surface area (Å²) in [5.74, 6) is -3.94. The van der Waals surface area contributed by atoms with Gasteiger partial charge in [-0.15, -0.1) is 0 Å². The number of carbonyl (C=O) groups excluding carboxylic acids is 1. The number of piperazine rings is 1. The Morgan fingerprint density at radius 2 is 1.50 bits per heavy atom. The minimum atomic E-state index is -1.47. The van der Waals surface area contributed by atoms with Gasteiger partial charge in [-0.3, -0.25) is 4.79 Å². The quantitative estimate of drug-likeness (QED) is 0.786. The van der Waals surface area contributed by atoms with Crippen molar-refractivity contribution < 1.29 is 18.0 Å². The van der Waals surface area contributed by atoms with Crippen LogP contribution < -0.4 is 4.90 Å². The van der Waals surface area contributed by atoms with Crippen LogP contribution in [0.4, 0.5) is 18.9 Å². The minimum Gasteiger partial charge on any atom is -0.366 e. The van der Waals surface area contributed by atoms with Gasteiger partial charge in [-0.25, -0.2) is 13.2 Å². The van der Waals surface area contributed by atoms with Gasteiger partial charge in [-0.2, -0.15) is 0 Å². The molecule has 1 saturated heterocycles. The SMILES string of the molecule is Cc1ccc(C(=O)N2CCN(c3ccc(F)c(F)c3F)CC2)cc1. The molecule has 0 aromatic heterocycles. The summed E-state index contributed by atoms with van der Waals surface area (Å²) < 4.78 is 40.3. The molecule has 2 aromatic carbocycles. The molecule has 1 amide bonds. The van der Waals surface area contributed by atoms with Gasteiger partial charge in [-0.1, -0.05) is 17.7 Å². The van der Waals surface area contributed by atoms with E-state index >= 15 is 0 Å². The molecule has 0 atom stereocenters. The second kappa shape index (κ2) is 6.55. The maximum atomic E-state index is 13.9. The average Bonchev–Trinajstić information content (AvgIpc) is 2.60. The number of hydrogen-bond acceptors (Lipinski definition) is 2. The van der Waals surface area contributed by atoms with Crippen LogP contribution in [0.5, 0.6) is 0 Å². The van der Waals surface area contributed by atoms with Crippen molar-refractivity contribution in [3.63, 3.8) is 0 Å². The number of rotatable bonds is 2. The minimum absolute atomic E-state index is 0.0244. The smallest absolute Gasteiger partial charge is 0.253 e. The number of hydrogen-bond donors (Lipinski definition) is 0. The summed E-state index contributed by atoms with van der Waals surface area (Å²) in [7, 11) is 0. The van der Waals surface area contributed by atoms with E-state index in [0.29, 0.717) is 31.7 Å². The molecule has 1 heterocycles. The third-order valence-electron chi connectivity index (χ3n) is 4.22. The summed E-state index contributed by atoms with van der Waals surface area (Å²) >= 11 is 0. The molecule has 3 nitrogen and oxygen atoms in total. The molecule has 3 rings (SSSR count). The van der Waals surface area contributed by atoms with E-state index in [4.69, 9.17) is 0 Å². The van der Waals surface area contributed by atoms with Gasteiger partial charge < -0.3 is 9.80 Å². The Balaban J connectivity index is 1.69. The molecular weight excluding hydrogens is 317 g/mol. The van der Waals surface area contributed by atoms with Gasteiger partial charge in [0.2, 0.25) is 0 Å². The van der Waals surface area contributed by atoms with Crippen LogP contribution in [0.2, 0.25) is 0 Å². The van der Waals surface area contributed by atoms with E-state index in [2.05, 4.69) is 0 Å². The molecule has 6 heteroatoms. The van der Waals surface area contributed by atoms with E-state index in [1.165, 1.54) is 6.07 Å². The number of halogens is 3. The van der Waals surface area contributed by atoms with Crippen LogP contribution in [0.1, 0.15) is 15.9 Å². The van der Waals surface area contributed by atoms with E-state index < -0.39 is 17.5 Å². The van der Waals surface area contributed by atoms with Crippen LogP contribution in [0, 0.1) is 24.4 Å². The highest BCUT2D eigenvalue weighted by atomic mass is 19.2. The molecule has 1 aliphatic heterocycles. The summed E-state index contributed by atoms with van der Waals surface area (Å²) in [5, 5.41) is 0. The van der Waals surface area contributed by atoms with E-state index in [1.54, 1.807) is 21.9 Å². The van der Waals surface area contributed by atoms with Gasteiger partial charge in [0, 0.05) is 31.7 Å². The van der Waals surface area contributed by atoms with Crippen LogP contribution in [-0.2, 0) is 0 Å².